The molecule has 0 saturated carbocycles. The predicted octanol–water partition coefficient (Wildman–Crippen LogP) is 4.02. The van der Waals surface area contributed by atoms with Gasteiger partial charge >= 0.3 is 5.69 Å². The Bertz CT molecular complexity index is 1000. The number of hydrogen-bond acceptors (Lipinski definition) is 7. The first-order chi connectivity index (χ1) is 14.7. The van der Waals surface area contributed by atoms with Gasteiger partial charge in [0.25, 0.3) is 0 Å². The number of para-hydroxylation sites is 1. The van der Waals surface area contributed by atoms with Gasteiger partial charge in [0.2, 0.25) is 11.6 Å². The molecule has 0 spiro atoms. The summed E-state index contributed by atoms with van der Waals surface area (Å²) < 4.78 is 0. The van der Waals surface area contributed by atoms with E-state index in [-0.39, 0.29) is 11.5 Å². The van der Waals surface area contributed by atoms with Crippen molar-refractivity contribution in [2.45, 2.75) is 13.3 Å². The molecule has 4 rings (SSSR count). The molecule has 2 heterocycles. The lowest BCUT2D eigenvalue weighted by atomic mass is 10.1. The highest BCUT2D eigenvalue weighted by Crippen LogP contribution is 2.34. The Balaban J connectivity index is 1.55. The van der Waals surface area contributed by atoms with Crippen molar-refractivity contribution in [1.82, 2.24) is 9.97 Å². The van der Waals surface area contributed by atoms with Crippen LogP contribution in [0.1, 0.15) is 12.5 Å². The van der Waals surface area contributed by atoms with Gasteiger partial charge in [0.15, 0.2) is 0 Å². The van der Waals surface area contributed by atoms with Gasteiger partial charge in [-0.2, -0.15) is 0 Å². The molecule has 0 unspecified atom stereocenters. The highest BCUT2D eigenvalue weighted by atomic mass is 16.6. The largest absolute Gasteiger partial charge is 0.368 e. The van der Waals surface area contributed by atoms with E-state index in [1.807, 2.05) is 47.4 Å². The van der Waals surface area contributed by atoms with Crippen LogP contribution in [0.5, 0.6) is 0 Å². The Morgan fingerprint density at radius 3 is 2.27 bits per heavy atom. The normalized spacial score (nSPS) is 13.9. The van der Waals surface area contributed by atoms with Crippen molar-refractivity contribution in [1.29, 1.82) is 0 Å². The smallest absolute Gasteiger partial charge is 0.353 e. The van der Waals surface area contributed by atoms with Crippen molar-refractivity contribution in [2.75, 3.05) is 41.3 Å². The average Bonchev–Trinajstić information content (AvgIpc) is 2.80. The summed E-state index contributed by atoms with van der Waals surface area (Å²) in [6.45, 7) is 4.93. The van der Waals surface area contributed by atoms with E-state index >= 15 is 0 Å². The average molecular weight is 404 g/mol. The number of hydrogen-bond donors (Lipinski definition) is 1. The minimum Gasteiger partial charge on any atom is -0.368 e. The molecule has 0 atom stereocenters. The molecule has 1 aliphatic heterocycles. The van der Waals surface area contributed by atoms with Crippen molar-refractivity contribution in [3.05, 3.63) is 76.6 Å². The van der Waals surface area contributed by atoms with Gasteiger partial charge in [-0.15, -0.1) is 0 Å². The highest BCUT2D eigenvalue weighted by molar-refractivity contribution is 5.74. The Morgan fingerprint density at radius 2 is 1.63 bits per heavy atom. The monoisotopic (exact) mass is 404 g/mol. The lowest BCUT2D eigenvalue weighted by Gasteiger charge is -2.36. The Kier molecular flexibility index (Phi) is 5.74. The molecule has 30 heavy (non-hydrogen) atoms. The first kappa shape index (κ1) is 19.6. The van der Waals surface area contributed by atoms with Crippen LogP contribution in [0.2, 0.25) is 0 Å². The second-order valence-electron chi connectivity index (χ2n) is 7.14. The maximum absolute atomic E-state index is 11.9. The quantitative estimate of drug-likeness (QED) is 0.490. The van der Waals surface area contributed by atoms with Crippen LogP contribution in [0.4, 0.5) is 28.7 Å². The molecular weight excluding hydrogens is 380 g/mol. The number of nitrogens with zero attached hydrogens (tertiary/aromatic N) is 5. The molecule has 1 N–H and O–H groups in total. The SMILES string of the molecule is CCc1ccc(Nc2ncnc(N3CCN(c4ccccc4)CC3)c2[N+](=O)[O-])cc1. The summed E-state index contributed by atoms with van der Waals surface area (Å²) in [5.41, 5.74) is 3.03. The van der Waals surface area contributed by atoms with Crippen molar-refractivity contribution >= 4 is 28.7 Å². The summed E-state index contributed by atoms with van der Waals surface area (Å²) in [4.78, 5) is 24.2. The van der Waals surface area contributed by atoms with Gasteiger partial charge in [-0.05, 0) is 36.2 Å². The summed E-state index contributed by atoms with van der Waals surface area (Å²) in [5, 5.41) is 15.0. The number of piperazine rings is 1. The number of benzene rings is 2. The first-order valence-corrected chi connectivity index (χ1v) is 10.1. The first-order valence-electron chi connectivity index (χ1n) is 10.1. The van der Waals surface area contributed by atoms with Crippen LogP contribution >= 0.6 is 0 Å². The minimum absolute atomic E-state index is 0.0924. The van der Waals surface area contributed by atoms with Gasteiger partial charge in [0.1, 0.15) is 6.33 Å². The van der Waals surface area contributed by atoms with Crippen LogP contribution in [0.25, 0.3) is 0 Å². The number of rotatable bonds is 6. The predicted molar refractivity (Wildman–Crippen MR) is 119 cm³/mol. The maximum atomic E-state index is 11.9. The van der Waals surface area contributed by atoms with E-state index in [1.54, 1.807) is 0 Å². The van der Waals surface area contributed by atoms with Gasteiger partial charge in [0, 0.05) is 37.6 Å². The van der Waals surface area contributed by atoms with E-state index in [1.165, 1.54) is 11.9 Å². The Morgan fingerprint density at radius 1 is 0.967 bits per heavy atom. The van der Waals surface area contributed by atoms with Crippen LogP contribution in [-0.2, 0) is 6.42 Å². The van der Waals surface area contributed by atoms with E-state index in [4.69, 9.17) is 0 Å². The number of aromatic nitrogens is 2. The lowest BCUT2D eigenvalue weighted by Crippen LogP contribution is -2.47. The second-order valence-corrected chi connectivity index (χ2v) is 7.14. The third-order valence-corrected chi connectivity index (χ3v) is 5.31. The van der Waals surface area contributed by atoms with Crippen molar-refractivity contribution in [3.63, 3.8) is 0 Å². The maximum Gasteiger partial charge on any atom is 0.353 e. The molecule has 0 amide bonds. The topological polar surface area (TPSA) is 87.4 Å². The van der Waals surface area contributed by atoms with Crippen LogP contribution in [0, 0.1) is 10.1 Å². The Labute approximate surface area is 175 Å². The molecule has 0 radical (unpaired) electrons. The number of anilines is 4. The molecule has 1 aromatic heterocycles. The molecule has 1 fully saturated rings. The fourth-order valence-corrected chi connectivity index (χ4v) is 3.64. The second kappa shape index (κ2) is 8.77. The van der Waals surface area contributed by atoms with Gasteiger partial charge in [-0.25, -0.2) is 9.97 Å². The summed E-state index contributed by atoms with van der Waals surface area (Å²) in [7, 11) is 0. The van der Waals surface area contributed by atoms with Crippen molar-refractivity contribution < 1.29 is 4.92 Å². The summed E-state index contributed by atoms with van der Waals surface area (Å²) in [6.07, 6.45) is 2.32. The zero-order valence-electron chi connectivity index (χ0n) is 16.9. The van der Waals surface area contributed by atoms with Gasteiger partial charge in [-0.3, -0.25) is 10.1 Å². The molecule has 154 valence electrons. The molecule has 2 aromatic carbocycles. The van der Waals surface area contributed by atoms with Crippen LogP contribution in [-0.4, -0.2) is 41.1 Å². The van der Waals surface area contributed by atoms with Crippen LogP contribution in [0.3, 0.4) is 0 Å². The highest BCUT2D eigenvalue weighted by Gasteiger charge is 2.29. The third-order valence-electron chi connectivity index (χ3n) is 5.31. The van der Waals surface area contributed by atoms with Gasteiger partial charge < -0.3 is 15.1 Å². The number of aryl methyl sites for hydroxylation is 1. The number of nitrogens with one attached hydrogen (secondary N) is 1. The zero-order chi connectivity index (χ0) is 20.9. The summed E-state index contributed by atoms with van der Waals surface area (Å²) in [6, 6.07) is 18.0. The summed E-state index contributed by atoms with van der Waals surface area (Å²) in [5.74, 6) is 0.565. The molecule has 1 saturated heterocycles. The molecular formula is C22H24N6O2. The van der Waals surface area contributed by atoms with Crippen molar-refractivity contribution in [3.8, 4) is 0 Å². The van der Waals surface area contributed by atoms with E-state index in [2.05, 4.69) is 39.2 Å². The standard InChI is InChI=1S/C22H24N6O2/c1-2-17-8-10-18(11-9-17)25-21-20(28(29)30)22(24-16-23-21)27-14-12-26(13-15-27)19-6-4-3-5-7-19/h3-11,16H,2,12-15H2,1H3,(H,23,24,25). The van der Waals surface area contributed by atoms with Gasteiger partial charge in [-0.1, -0.05) is 37.3 Å². The van der Waals surface area contributed by atoms with Gasteiger partial charge in [0.05, 0.1) is 4.92 Å². The molecule has 8 heteroatoms. The van der Waals surface area contributed by atoms with Crippen LogP contribution in [0.15, 0.2) is 60.9 Å². The molecule has 0 aliphatic carbocycles. The Hall–Kier alpha value is -3.68. The molecule has 1 aliphatic rings. The van der Waals surface area contributed by atoms with Crippen LogP contribution < -0.4 is 15.1 Å². The summed E-state index contributed by atoms with van der Waals surface area (Å²) >= 11 is 0. The van der Waals surface area contributed by atoms with E-state index in [9.17, 15) is 10.1 Å². The van der Waals surface area contributed by atoms with E-state index in [0.29, 0.717) is 18.9 Å². The van der Waals surface area contributed by atoms with Crippen molar-refractivity contribution in [2.24, 2.45) is 0 Å². The third kappa shape index (κ3) is 4.17. The van der Waals surface area contributed by atoms with E-state index in [0.717, 1.165) is 30.9 Å². The lowest BCUT2D eigenvalue weighted by molar-refractivity contribution is -0.383. The fourth-order valence-electron chi connectivity index (χ4n) is 3.64. The fraction of sp³-hybridized carbons (Fsp3) is 0.273. The van der Waals surface area contributed by atoms with E-state index < -0.39 is 4.92 Å². The minimum atomic E-state index is -0.401. The molecule has 0 bridgehead atoms. The number of nitro groups is 1. The molecule has 3 aromatic rings. The zero-order valence-corrected chi connectivity index (χ0v) is 16.9. The molecule has 8 nitrogen and oxygen atoms in total.